The van der Waals surface area contributed by atoms with Crippen LogP contribution in [0.2, 0.25) is 0 Å². The van der Waals surface area contributed by atoms with Crippen molar-refractivity contribution in [1.82, 2.24) is 0 Å². The number of rotatable bonds is 5. The molecule has 1 saturated heterocycles. The van der Waals surface area contributed by atoms with Crippen molar-refractivity contribution >= 4 is 13.8 Å². The molecule has 1 aliphatic heterocycles. The summed E-state index contributed by atoms with van der Waals surface area (Å²) in [5.74, 6) is -1.99. The molecule has 0 saturated carbocycles. The van der Waals surface area contributed by atoms with E-state index in [4.69, 9.17) is 19.3 Å². The van der Waals surface area contributed by atoms with E-state index in [-0.39, 0.29) is 0 Å². The van der Waals surface area contributed by atoms with Gasteiger partial charge in [-0.3, -0.25) is 9.79 Å². The van der Waals surface area contributed by atoms with Crippen molar-refractivity contribution in [3.63, 3.8) is 0 Å². The fourth-order valence-corrected chi connectivity index (χ4v) is 1.99. The molecule has 116 valence electrons. The van der Waals surface area contributed by atoms with Crippen LogP contribution >= 0.6 is 7.82 Å². The molecule has 11 heteroatoms. The van der Waals surface area contributed by atoms with Crippen LogP contribution in [0.15, 0.2) is 11.8 Å². The van der Waals surface area contributed by atoms with Crippen LogP contribution in [-0.2, 0) is 28.1 Å². The summed E-state index contributed by atoms with van der Waals surface area (Å²) in [4.78, 5) is 28.8. The van der Waals surface area contributed by atoms with Gasteiger partial charge in [0.15, 0.2) is 6.29 Å². The van der Waals surface area contributed by atoms with Crippen molar-refractivity contribution in [2.24, 2.45) is 0 Å². The number of hydrogen-bond donors (Lipinski definition) is 4. The molecule has 1 fully saturated rings. The molecule has 1 aliphatic rings. The highest BCUT2D eigenvalue weighted by Crippen LogP contribution is 2.39. The van der Waals surface area contributed by atoms with Gasteiger partial charge in [-0.1, -0.05) is 0 Å². The monoisotopic (exact) mass is 314 g/mol. The molecule has 0 aromatic heterocycles. The minimum atomic E-state index is -4.99. The predicted molar refractivity (Wildman–Crippen MR) is 60.9 cm³/mol. The van der Waals surface area contributed by atoms with Crippen molar-refractivity contribution in [2.75, 3.05) is 14.2 Å². The van der Waals surface area contributed by atoms with Crippen molar-refractivity contribution < 1.29 is 48.1 Å². The summed E-state index contributed by atoms with van der Waals surface area (Å²) in [6.07, 6.45) is -4.33. The number of phosphoric acid groups is 1. The fourth-order valence-electron chi connectivity index (χ4n) is 1.60. The summed E-state index contributed by atoms with van der Waals surface area (Å²) in [7, 11) is -2.80. The topological polar surface area (TPSA) is 152 Å². The first-order chi connectivity index (χ1) is 9.19. The number of aliphatic hydroxyl groups is 2. The fraction of sp³-hybridized carbons (Fsp3) is 0.667. The largest absolute Gasteiger partial charge is 0.525 e. The van der Waals surface area contributed by atoms with Gasteiger partial charge in [0.1, 0.15) is 18.3 Å². The van der Waals surface area contributed by atoms with E-state index < -0.39 is 44.2 Å². The Labute approximate surface area is 113 Å². The van der Waals surface area contributed by atoms with E-state index in [0.717, 1.165) is 13.2 Å². The van der Waals surface area contributed by atoms with Crippen LogP contribution in [0.1, 0.15) is 0 Å². The molecule has 0 aliphatic carbocycles. The van der Waals surface area contributed by atoms with Crippen LogP contribution in [0, 0.1) is 0 Å². The lowest BCUT2D eigenvalue weighted by Crippen LogP contribution is -2.34. The molecule has 4 N–H and O–H groups in total. The van der Waals surface area contributed by atoms with Crippen LogP contribution in [0.25, 0.3) is 0 Å². The standard InChI is InChI=1S/C9H15O10P/c1-16-7-4(18-9(12)6(7)10)3-5(8(11)17-2)19-20(13,14)15/h3-4,6-7,9-10,12H,1-2H3,(H2,13,14,15)/b5-3-/t4-,6-,7+,9?/m1/s1. The van der Waals surface area contributed by atoms with Crippen LogP contribution in [0.3, 0.4) is 0 Å². The van der Waals surface area contributed by atoms with E-state index in [1.165, 1.54) is 7.11 Å². The Bertz CT molecular complexity index is 428. The lowest BCUT2D eigenvalue weighted by molar-refractivity contribution is -0.139. The molecular formula is C9H15O10P. The normalized spacial score (nSPS) is 31.2. The Hall–Kier alpha value is -1.00. The molecule has 20 heavy (non-hydrogen) atoms. The highest BCUT2D eigenvalue weighted by molar-refractivity contribution is 7.46. The van der Waals surface area contributed by atoms with E-state index >= 15 is 0 Å². The Kier molecular flexibility index (Phi) is 5.66. The maximum atomic E-state index is 11.4. The average Bonchev–Trinajstić information content (AvgIpc) is 2.61. The van der Waals surface area contributed by atoms with Gasteiger partial charge in [0.25, 0.3) is 0 Å². The predicted octanol–water partition coefficient (Wildman–Crippen LogP) is -1.75. The lowest BCUT2D eigenvalue weighted by atomic mass is 10.1. The summed E-state index contributed by atoms with van der Waals surface area (Å²) < 4.78 is 29.0. The molecule has 0 aromatic carbocycles. The molecular weight excluding hydrogens is 299 g/mol. The molecule has 0 radical (unpaired) electrons. The summed E-state index contributed by atoms with van der Waals surface area (Å²) in [5, 5.41) is 18.8. The van der Waals surface area contributed by atoms with Gasteiger partial charge in [0.05, 0.1) is 7.11 Å². The number of esters is 1. The van der Waals surface area contributed by atoms with E-state index in [0.29, 0.717) is 0 Å². The summed E-state index contributed by atoms with van der Waals surface area (Å²) >= 11 is 0. The molecule has 0 amide bonds. The van der Waals surface area contributed by atoms with Gasteiger partial charge in [0.2, 0.25) is 5.76 Å². The van der Waals surface area contributed by atoms with Gasteiger partial charge in [-0.05, 0) is 6.08 Å². The third-order valence-corrected chi connectivity index (χ3v) is 2.88. The number of methoxy groups -OCH3 is 2. The van der Waals surface area contributed by atoms with E-state index in [1.54, 1.807) is 0 Å². The maximum absolute atomic E-state index is 11.4. The van der Waals surface area contributed by atoms with Crippen molar-refractivity contribution in [3.05, 3.63) is 11.8 Å². The van der Waals surface area contributed by atoms with Gasteiger partial charge in [-0.15, -0.1) is 0 Å². The van der Waals surface area contributed by atoms with Gasteiger partial charge < -0.3 is 28.9 Å². The van der Waals surface area contributed by atoms with E-state index in [1.807, 2.05) is 0 Å². The summed E-state index contributed by atoms with van der Waals surface area (Å²) in [6, 6.07) is 0. The smallest absolute Gasteiger partial charge is 0.463 e. The van der Waals surface area contributed by atoms with Crippen molar-refractivity contribution in [3.8, 4) is 0 Å². The molecule has 1 heterocycles. The summed E-state index contributed by atoms with van der Waals surface area (Å²) in [5.41, 5.74) is 0. The Morgan fingerprint density at radius 2 is 1.90 bits per heavy atom. The second kappa shape index (κ2) is 6.64. The molecule has 1 unspecified atom stereocenters. The Morgan fingerprint density at radius 3 is 2.35 bits per heavy atom. The quantitative estimate of drug-likeness (QED) is 0.199. The zero-order valence-corrected chi connectivity index (χ0v) is 11.5. The summed E-state index contributed by atoms with van der Waals surface area (Å²) in [6.45, 7) is 0. The third-order valence-electron chi connectivity index (χ3n) is 2.44. The van der Waals surface area contributed by atoms with E-state index in [2.05, 4.69) is 9.26 Å². The maximum Gasteiger partial charge on any atom is 0.525 e. The number of carbonyl (C=O) groups excluding carboxylic acids is 1. The Morgan fingerprint density at radius 1 is 1.30 bits per heavy atom. The first-order valence-corrected chi connectivity index (χ1v) is 6.82. The van der Waals surface area contributed by atoms with Gasteiger partial charge in [0, 0.05) is 7.11 Å². The van der Waals surface area contributed by atoms with Gasteiger partial charge >= 0.3 is 13.8 Å². The number of ether oxygens (including phenoxy) is 3. The van der Waals surface area contributed by atoms with Crippen molar-refractivity contribution in [1.29, 1.82) is 0 Å². The number of phosphoric ester groups is 1. The number of aliphatic hydroxyl groups excluding tert-OH is 2. The third kappa shape index (κ3) is 4.25. The Balaban J connectivity index is 3.01. The highest BCUT2D eigenvalue weighted by atomic mass is 31.2. The van der Waals surface area contributed by atoms with Crippen molar-refractivity contribution in [2.45, 2.75) is 24.6 Å². The first-order valence-electron chi connectivity index (χ1n) is 5.29. The average molecular weight is 314 g/mol. The molecule has 4 atom stereocenters. The second-order valence-electron chi connectivity index (χ2n) is 3.79. The van der Waals surface area contributed by atoms with Crippen LogP contribution in [0.4, 0.5) is 0 Å². The van der Waals surface area contributed by atoms with Gasteiger partial charge in [-0.2, -0.15) is 0 Å². The molecule has 1 rings (SSSR count). The van der Waals surface area contributed by atoms with Gasteiger partial charge in [-0.25, -0.2) is 9.36 Å². The molecule has 0 bridgehead atoms. The molecule has 0 spiro atoms. The first kappa shape index (κ1) is 17.1. The lowest BCUT2D eigenvalue weighted by Gasteiger charge is -2.16. The van der Waals surface area contributed by atoms with Crippen LogP contribution in [-0.4, -0.2) is 64.8 Å². The van der Waals surface area contributed by atoms with E-state index in [9.17, 15) is 19.6 Å². The minimum Gasteiger partial charge on any atom is -0.463 e. The second-order valence-corrected chi connectivity index (χ2v) is 4.95. The zero-order valence-electron chi connectivity index (χ0n) is 10.6. The minimum absolute atomic E-state index is 0.825. The van der Waals surface area contributed by atoms with Crippen LogP contribution < -0.4 is 0 Å². The zero-order chi connectivity index (χ0) is 15.5. The SMILES string of the molecule is COC(=O)/C(=C/[C@H]1OC(O)[C@H](O)[C@H]1OC)OP(=O)(O)O. The number of carbonyl (C=O) groups is 1. The molecule has 10 nitrogen and oxygen atoms in total. The highest BCUT2D eigenvalue weighted by Gasteiger charge is 2.43. The van der Waals surface area contributed by atoms with Crippen LogP contribution in [0.5, 0.6) is 0 Å². The molecule has 0 aromatic rings. The number of hydrogen-bond acceptors (Lipinski definition) is 8.